The van der Waals surface area contributed by atoms with Crippen molar-refractivity contribution >= 4 is 79.5 Å². The molecule has 0 unspecified atom stereocenters. The number of anilines is 3. The number of benzene rings is 11. The molecule has 0 bridgehead atoms. The Morgan fingerprint density at radius 2 is 0.614 bits per heavy atom. The average Bonchev–Trinajstić information content (AvgIpc) is 0.745. The van der Waals surface area contributed by atoms with Gasteiger partial charge in [-0.1, -0.05) is 332 Å². The van der Waals surface area contributed by atoms with Gasteiger partial charge in [0.2, 0.25) is 0 Å². The topological polar surface area (TPSA) is 194 Å². The van der Waals surface area contributed by atoms with Gasteiger partial charge in [0.25, 0.3) is 23.6 Å². The van der Waals surface area contributed by atoms with E-state index in [0.29, 0.717) is 51.1 Å². The van der Waals surface area contributed by atoms with Crippen LogP contribution in [0, 0.1) is 20.8 Å². The minimum atomic E-state index is -0.228. The molecule has 1 radical (unpaired) electrons. The first kappa shape index (κ1) is 139. The molecule has 0 fully saturated rings. The Balaban J connectivity index is -0.000000353. The van der Waals surface area contributed by atoms with Gasteiger partial charge in [-0.15, -0.1) is 0 Å². The summed E-state index contributed by atoms with van der Waals surface area (Å²) in [5, 5.41) is 22.7. The Morgan fingerprint density at radius 3 is 0.850 bits per heavy atom. The number of fused-ring (bicyclic) bond motifs is 2. The maximum atomic E-state index is 13.1. The number of azo groups is 2. The van der Waals surface area contributed by atoms with Crippen molar-refractivity contribution in [1.29, 1.82) is 0 Å². The molecular formula is C119H177N14O6Y+. The molecule has 3 heterocycles. The maximum Gasteiger partial charge on any atom is 0.261 e. The molecule has 2 aliphatic heterocycles. The van der Waals surface area contributed by atoms with Crippen LogP contribution in [0.25, 0.3) is 21.5 Å². The number of rotatable bonds is 10. The number of para-hydroxylation sites is 1. The number of hydrogen-bond acceptors (Lipinski definition) is 17. The smallest absolute Gasteiger partial charge is 0.261 e. The molecule has 11 aromatic carbocycles. The summed E-state index contributed by atoms with van der Waals surface area (Å²) in [5.74, 6) is -0.994. The number of aryl methyl sites for hydroxylation is 5. The molecule has 0 N–H and O–H groups in total. The second-order valence-electron chi connectivity index (χ2n) is 30.2. The fourth-order valence-corrected chi connectivity index (χ4v) is 11.8. The van der Waals surface area contributed by atoms with E-state index in [0.717, 1.165) is 76.1 Å². The average molecular weight is 1990 g/mol. The first-order chi connectivity index (χ1) is 66.7. The van der Waals surface area contributed by atoms with E-state index in [1.54, 1.807) is 81.7 Å². The van der Waals surface area contributed by atoms with E-state index in [-0.39, 0.29) is 67.9 Å². The molecular weight excluding hydrogens is 1810 g/mol. The molecule has 0 saturated carbocycles. The Bertz CT molecular complexity index is 5040. The minimum absolute atomic E-state index is 0. The van der Waals surface area contributed by atoms with Crippen molar-refractivity contribution < 1.29 is 66.0 Å². The Morgan fingerprint density at radius 1 is 0.336 bits per heavy atom. The third-order valence-electron chi connectivity index (χ3n) is 18.9. The van der Waals surface area contributed by atoms with Crippen molar-refractivity contribution in [3.63, 3.8) is 0 Å². The number of amides is 4. The summed E-state index contributed by atoms with van der Waals surface area (Å²) in [6.45, 7) is 51.0. The van der Waals surface area contributed by atoms with E-state index in [4.69, 9.17) is 0 Å². The summed E-state index contributed by atoms with van der Waals surface area (Å²) in [6.07, 6.45) is 5.25. The molecule has 21 heteroatoms. The zero-order valence-electron chi connectivity index (χ0n) is 93.2. The molecule has 1 aliphatic carbocycles. The zero-order valence-corrected chi connectivity index (χ0v) is 96.1. The van der Waals surface area contributed by atoms with E-state index in [1.165, 1.54) is 39.9 Å². The number of imide groups is 2. The molecule has 3 aliphatic rings. The molecule has 140 heavy (non-hydrogen) atoms. The number of pyridine rings is 1. The molecule has 0 saturated heterocycles. The van der Waals surface area contributed by atoms with Crippen LogP contribution in [-0.2, 0) is 45.7 Å². The predicted octanol–water partition coefficient (Wildman–Crippen LogP) is 28.1. The first-order valence-corrected chi connectivity index (χ1v) is 48.8. The molecule has 12 aromatic rings. The second-order valence-corrected chi connectivity index (χ2v) is 30.2. The summed E-state index contributed by atoms with van der Waals surface area (Å²) in [6, 6.07) is 90.7. The van der Waals surface area contributed by atoms with Crippen LogP contribution in [0.3, 0.4) is 0 Å². The monoisotopic (exact) mass is 1990 g/mol. The van der Waals surface area contributed by atoms with Crippen molar-refractivity contribution in [3.8, 4) is 0 Å². The van der Waals surface area contributed by atoms with Crippen molar-refractivity contribution in [2.24, 2.45) is 25.6 Å². The van der Waals surface area contributed by atoms with Crippen molar-refractivity contribution in [1.82, 2.24) is 24.6 Å². The van der Waals surface area contributed by atoms with Crippen LogP contribution in [0.15, 0.2) is 317 Å². The molecule has 761 valence electrons. The van der Waals surface area contributed by atoms with Crippen LogP contribution in [-0.4, -0.2) is 204 Å². The minimum Gasteiger partial charge on any atom is -0.377 e. The normalized spacial score (nSPS) is 10.3. The number of carbonyl (C=O) groups excluding carboxylic acids is 6. The Hall–Kier alpha value is -12.2. The van der Waals surface area contributed by atoms with Gasteiger partial charge in [-0.2, -0.15) is 25.6 Å². The van der Waals surface area contributed by atoms with E-state index in [2.05, 4.69) is 207 Å². The van der Waals surface area contributed by atoms with Gasteiger partial charge in [0.15, 0.2) is 24.0 Å². The fraction of sp³-hybridized carbons (Fsp3) is 0.378. The number of ketones is 2. The molecule has 0 spiro atoms. The van der Waals surface area contributed by atoms with Crippen LogP contribution in [0.1, 0.15) is 234 Å². The van der Waals surface area contributed by atoms with Crippen molar-refractivity contribution in [3.05, 3.63) is 358 Å². The molecule has 15 rings (SSSR count). The third kappa shape index (κ3) is 54.4. The standard InChI is InChI=1S/C19H20N2O2.C14H11NO2.C13H9NO2.C9H13N.C8H10.C7H10N.3C7H8.C5H12N2.C4H11N.C3H9N.2C2H6N2.6C2H6.Y/c1-5-21(4)15-11-10-14(20(2)3)16-17(15)19(23)13-9-7-6-8-12(13)18(16)22;1-2-15-13(16)10-7-3-5-9-6-4-8-11(12(9)10)14(15)17;1-14-12(15)9-6-2-4-8-5-3-7-10(11(8)9)13(14)16;1-3-10(2)9-7-5-4-6-8-9;2*1-2-8-6-4-3-5-7-8;3*1-7-5-3-2-4-6-7;1-5(2)6-7(3)4;1-4-5(2)3;1-4(2)3;2*1-3-4-2;6*1-2;/h6-11H,5H2,1-4H3;3-8H,2H2,1H3;2-7H,1H3;4-8H,3H2,1-2H3;2*3-7H,2H2,1H3;3*2-6H,1H3;1-4H3;4H2,1-3H3;1-3H3;2*1-2H3;6*1-2H3;/q;;;;;+1;;;;;;;;;;;;;;;. The van der Waals surface area contributed by atoms with E-state index < -0.39 is 0 Å². The Kier molecular flexibility index (Phi) is 86.2. The van der Waals surface area contributed by atoms with Crippen LogP contribution in [0.4, 0.5) is 17.1 Å². The summed E-state index contributed by atoms with van der Waals surface area (Å²) >= 11 is 0. The van der Waals surface area contributed by atoms with Crippen LogP contribution >= 0.6 is 0 Å². The van der Waals surface area contributed by atoms with Gasteiger partial charge in [0, 0.05) is 209 Å². The van der Waals surface area contributed by atoms with Gasteiger partial charge in [0.1, 0.15) is 6.54 Å². The predicted molar refractivity (Wildman–Crippen MR) is 603 cm³/mol. The van der Waals surface area contributed by atoms with Gasteiger partial charge in [-0.25, -0.2) is 4.57 Å². The number of carbonyl (C=O) groups is 6. The Labute approximate surface area is 873 Å². The number of hydrazone groups is 1. The van der Waals surface area contributed by atoms with Crippen LogP contribution in [0.5, 0.6) is 0 Å². The number of aromatic nitrogens is 1. The largest absolute Gasteiger partial charge is 0.377 e. The molecule has 1 aromatic heterocycles. The van der Waals surface area contributed by atoms with E-state index in [9.17, 15) is 28.8 Å². The van der Waals surface area contributed by atoms with Gasteiger partial charge in [-0.05, 0) is 175 Å². The quantitative estimate of drug-likeness (QED) is 0.0414. The molecule has 4 amide bonds. The van der Waals surface area contributed by atoms with Crippen molar-refractivity contribution in [2.45, 2.75) is 172 Å². The zero-order chi connectivity index (χ0) is 107. The summed E-state index contributed by atoms with van der Waals surface area (Å²) in [7, 11) is 29.8. The summed E-state index contributed by atoms with van der Waals surface area (Å²) < 4.78 is 2.12. The van der Waals surface area contributed by atoms with Gasteiger partial charge < -0.3 is 29.5 Å². The van der Waals surface area contributed by atoms with Gasteiger partial charge in [-0.3, -0.25) is 38.6 Å². The molecule has 0 atom stereocenters. The number of nitrogens with zero attached hydrogens (tertiary/aromatic N) is 14. The van der Waals surface area contributed by atoms with Crippen LogP contribution in [0.2, 0.25) is 0 Å². The summed E-state index contributed by atoms with van der Waals surface area (Å²) in [5.41, 5.74) is 13.8. The first-order valence-electron chi connectivity index (χ1n) is 48.8. The second kappa shape index (κ2) is 87.1. The maximum absolute atomic E-state index is 13.1. The third-order valence-corrected chi connectivity index (χ3v) is 18.9. The van der Waals surface area contributed by atoms with E-state index >= 15 is 0 Å². The van der Waals surface area contributed by atoms with E-state index in [1.807, 2.05) is 327 Å². The summed E-state index contributed by atoms with van der Waals surface area (Å²) in [4.78, 5) is 86.9. The number of hydrogen-bond donors (Lipinski definition) is 0. The van der Waals surface area contributed by atoms with Gasteiger partial charge >= 0.3 is 0 Å². The SMILES string of the molecule is CC.CC.CC.CC.CC.CC.CC(C)=NN(C)C.CCN(C)C.CCN(C)c1ccc(N(C)C)c2c1C(=O)c1ccccc1C2=O.CCN(C)c1ccccc1.CCN1C(=O)c2cccc3cccc(c23)C1=O.CC[n+]1ccccc1.CCc1ccccc1.CN(C)C.CN1C(=O)c2cccc3cccc(c23)C1=O.CN=NC.CN=NC.Cc1ccccc1.Cc1ccccc1.Cc1ccccc1.[Y]. The van der Waals surface area contributed by atoms with Crippen molar-refractivity contribution in [2.75, 3.05) is 154 Å². The van der Waals surface area contributed by atoms with Crippen LogP contribution < -0.4 is 19.3 Å². The molecule has 20 nitrogen and oxygen atoms in total. The fourth-order valence-electron chi connectivity index (χ4n) is 11.8. The van der Waals surface area contributed by atoms with Gasteiger partial charge in [0.05, 0.1) is 11.1 Å².